The predicted octanol–water partition coefficient (Wildman–Crippen LogP) is 3.77. The summed E-state index contributed by atoms with van der Waals surface area (Å²) >= 11 is 0. The van der Waals surface area contributed by atoms with Crippen LogP contribution in [0.1, 0.15) is 42.6 Å². The molecule has 1 fully saturated rings. The summed E-state index contributed by atoms with van der Waals surface area (Å²) in [6, 6.07) is 12.9. The molecule has 2 heterocycles. The fraction of sp³-hybridized carbons (Fsp3) is 0.250. The maximum Gasteiger partial charge on any atom is 0.232 e. The van der Waals surface area contributed by atoms with Crippen molar-refractivity contribution >= 4 is 34.3 Å². The van der Waals surface area contributed by atoms with Crippen molar-refractivity contribution in [2.24, 2.45) is 0 Å². The van der Waals surface area contributed by atoms with Gasteiger partial charge in [-0.15, -0.1) is 0 Å². The summed E-state index contributed by atoms with van der Waals surface area (Å²) in [5.41, 5.74) is 3.65. The first kappa shape index (κ1) is 15.1. The van der Waals surface area contributed by atoms with Gasteiger partial charge in [0.25, 0.3) is 0 Å². The number of amides is 2. The highest BCUT2D eigenvalue weighted by Gasteiger charge is 2.31. The van der Waals surface area contributed by atoms with Crippen molar-refractivity contribution in [3.05, 3.63) is 53.9 Å². The van der Waals surface area contributed by atoms with Gasteiger partial charge in [0.1, 0.15) is 5.52 Å². The molecule has 130 valence electrons. The fourth-order valence-corrected chi connectivity index (χ4v) is 3.40. The largest absolute Gasteiger partial charge is 0.440 e. The number of benzene rings is 2. The number of carbonyl (C=O) groups is 2. The average Bonchev–Trinajstić information content (AvgIpc) is 3.40. The molecule has 1 aromatic heterocycles. The molecule has 2 aliphatic rings. The quantitative estimate of drug-likeness (QED) is 0.755. The number of hydrogen-bond acceptors (Lipinski definition) is 4. The van der Waals surface area contributed by atoms with Gasteiger partial charge in [-0.3, -0.25) is 9.59 Å². The van der Waals surface area contributed by atoms with E-state index in [4.69, 9.17) is 4.42 Å². The Labute approximate surface area is 149 Å². The van der Waals surface area contributed by atoms with E-state index in [1.165, 1.54) is 0 Å². The van der Waals surface area contributed by atoms with E-state index in [1.807, 2.05) is 36.4 Å². The number of oxazole rings is 1. The van der Waals surface area contributed by atoms with Crippen LogP contribution in [0.25, 0.3) is 11.1 Å². The number of aromatic nitrogens is 1. The Balaban J connectivity index is 1.41. The second-order valence-corrected chi connectivity index (χ2v) is 6.89. The van der Waals surface area contributed by atoms with Gasteiger partial charge in [0.2, 0.25) is 11.8 Å². The second-order valence-electron chi connectivity index (χ2n) is 6.89. The molecule has 3 aromatic rings. The summed E-state index contributed by atoms with van der Waals surface area (Å²) < 4.78 is 5.81. The molecule has 6 heteroatoms. The number of nitrogens with one attached hydrogen (secondary N) is 2. The van der Waals surface area contributed by atoms with Crippen LogP contribution in [0.5, 0.6) is 0 Å². The zero-order valence-electron chi connectivity index (χ0n) is 14.0. The summed E-state index contributed by atoms with van der Waals surface area (Å²) in [5, 5.41) is 5.72. The molecule has 2 N–H and O–H groups in total. The zero-order valence-corrected chi connectivity index (χ0v) is 14.0. The Kier molecular flexibility index (Phi) is 3.31. The third kappa shape index (κ3) is 2.63. The van der Waals surface area contributed by atoms with Crippen molar-refractivity contribution in [3.63, 3.8) is 0 Å². The van der Waals surface area contributed by atoms with Crippen LogP contribution in [-0.4, -0.2) is 16.8 Å². The van der Waals surface area contributed by atoms with E-state index in [9.17, 15) is 9.59 Å². The van der Waals surface area contributed by atoms with Crippen LogP contribution in [0.15, 0.2) is 46.9 Å². The summed E-state index contributed by atoms with van der Waals surface area (Å²) in [5.74, 6) is 0.364. The van der Waals surface area contributed by atoms with Gasteiger partial charge in [-0.2, -0.15) is 0 Å². The number of carbonyl (C=O) groups excluding carboxylic acids is 2. The van der Waals surface area contributed by atoms with Crippen molar-refractivity contribution in [1.29, 1.82) is 0 Å². The first-order valence-corrected chi connectivity index (χ1v) is 8.77. The summed E-state index contributed by atoms with van der Waals surface area (Å²) in [6.45, 7) is 0. The molecular formula is C20H17N3O3. The molecule has 1 atom stereocenters. The minimum Gasteiger partial charge on any atom is -0.440 e. The number of hydrogen-bond donors (Lipinski definition) is 2. The van der Waals surface area contributed by atoms with Gasteiger partial charge in [0.05, 0.1) is 5.92 Å². The highest BCUT2D eigenvalue weighted by atomic mass is 16.3. The number of rotatable bonds is 3. The third-order valence-electron chi connectivity index (χ3n) is 4.92. The molecule has 5 rings (SSSR count). The molecule has 0 unspecified atom stereocenters. The molecule has 1 aliphatic carbocycles. The van der Waals surface area contributed by atoms with E-state index in [0.29, 0.717) is 22.9 Å². The van der Waals surface area contributed by atoms with Crippen LogP contribution in [0, 0.1) is 0 Å². The molecule has 26 heavy (non-hydrogen) atoms. The van der Waals surface area contributed by atoms with Crippen molar-refractivity contribution in [3.8, 4) is 0 Å². The normalized spacial score (nSPS) is 19.1. The van der Waals surface area contributed by atoms with E-state index in [1.54, 1.807) is 6.07 Å². The van der Waals surface area contributed by atoms with E-state index < -0.39 is 5.92 Å². The van der Waals surface area contributed by atoms with Crippen molar-refractivity contribution < 1.29 is 14.0 Å². The van der Waals surface area contributed by atoms with Gasteiger partial charge in [-0.05, 0) is 36.6 Å². The van der Waals surface area contributed by atoms with Crippen LogP contribution in [-0.2, 0) is 9.59 Å². The first-order chi connectivity index (χ1) is 12.7. The maximum absolute atomic E-state index is 12.8. The van der Waals surface area contributed by atoms with Crippen LogP contribution in [0.4, 0.5) is 11.4 Å². The van der Waals surface area contributed by atoms with Gasteiger partial charge in [0, 0.05) is 29.8 Å². The van der Waals surface area contributed by atoms with Crippen molar-refractivity contribution in [2.45, 2.75) is 31.1 Å². The molecule has 0 saturated heterocycles. The average molecular weight is 347 g/mol. The summed E-state index contributed by atoms with van der Waals surface area (Å²) in [6.07, 6.45) is 2.39. The minimum absolute atomic E-state index is 0.138. The van der Waals surface area contributed by atoms with Crippen LogP contribution in [0.2, 0.25) is 0 Å². The monoisotopic (exact) mass is 347 g/mol. The Bertz CT molecular complexity index is 1040. The van der Waals surface area contributed by atoms with E-state index in [-0.39, 0.29) is 18.2 Å². The van der Waals surface area contributed by atoms with Gasteiger partial charge < -0.3 is 15.1 Å². The molecule has 2 amide bonds. The smallest absolute Gasteiger partial charge is 0.232 e. The van der Waals surface area contributed by atoms with Crippen molar-refractivity contribution in [2.75, 3.05) is 10.6 Å². The number of nitrogens with zero attached hydrogens (tertiary/aromatic N) is 1. The molecule has 2 aromatic carbocycles. The van der Waals surface area contributed by atoms with Gasteiger partial charge in [0.15, 0.2) is 11.5 Å². The van der Waals surface area contributed by atoms with Crippen LogP contribution >= 0.6 is 0 Å². The molecule has 0 radical (unpaired) electrons. The molecule has 0 spiro atoms. The standard InChI is InChI=1S/C20H17N3O3/c24-18-10-14(13-3-1-2-4-15(13)22-18)19(25)21-12-7-8-16-17(9-12)26-20(23-16)11-5-6-11/h1-4,7-9,11,14H,5-6,10H2,(H,21,25)(H,22,24)/t14-/m1/s1. The molecule has 6 nitrogen and oxygen atoms in total. The Morgan fingerprint density at radius 3 is 2.88 bits per heavy atom. The lowest BCUT2D eigenvalue weighted by molar-refractivity contribution is -0.123. The Morgan fingerprint density at radius 1 is 1.19 bits per heavy atom. The minimum atomic E-state index is -0.507. The lowest BCUT2D eigenvalue weighted by Crippen LogP contribution is -2.30. The van der Waals surface area contributed by atoms with E-state index in [0.717, 1.165) is 29.8 Å². The van der Waals surface area contributed by atoms with Crippen LogP contribution in [0.3, 0.4) is 0 Å². The maximum atomic E-state index is 12.8. The third-order valence-corrected chi connectivity index (χ3v) is 4.92. The molecule has 0 bridgehead atoms. The highest BCUT2D eigenvalue weighted by molar-refractivity contribution is 6.05. The van der Waals surface area contributed by atoms with Gasteiger partial charge in [-0.25, -0.2) is 4.98 Å². The topological polar surface area (TPSA) is 84.2 Å². The predicted molar refractivity (Wildman–Crippen MR) is 97.0 cm³/mol. The van der Waals surface area contributed by atoms with Crippen molar-refractivity contribution in [1.82, 2.24) is 4.98 Å². The number of fused-ring (bicyclic) bond motifs is 2. The van der Waals surface area contributed by atoms with E-state index in [2.05, 4.69) is 15.6 Å². The highest BCUT2D eigenvalue weighted by Crippen LogP contribution is 2.41. The van der Waals surface area contributed by atoms with E-state index >= 15 is 0 Å². The van der Waals surface area contributed by atoms with Crippen LogP contribution < -0.4 is 10.6 Å². The van der Waals surface area contributed by atoms with Gasteiger partial charge >= 0.3 is 0 Å². The molecule has 1 aliphatic heterocycles. The SMILES string of the molecule is O=C1C[C@@H](C(=O)Nc2ccc3nc(C4CC4)oc3c2)c2ccccc2N1. The molecule has 1 saturated carbocycles. The zero-order chi connectivity index (χ0) is 17.7. The first-order valence-electron chi connectivity index (χ1n) is 8.77. The fourth-order valence-electron chi connectivity index (χ4n) is 3.40. The second kappa shape index (κ2) is 5.69. The van der Waals surface area contributed by atoms with Gasteiger partial charge in [-0.1, -0.05) is 18.2 Å². The molecular weight excluding hydrogens is 330 g/mol. The number of para-hydroxylation sites is 1. The summed E-state index contributed by atoms with van der Waals surface area (Å²) in [7, 11) is 0. The number of anilines is 2. The Morgan fingerprint density at radius 2 is 2.04 bits per heavy atom. The lowest BCUT2D eigenvalue weighted by Gasteiger charge is -2.24. The lowest BCUT2D eigenvalue weighted by atomic mass is 9.90. The summed E-state index contributed by atoms with van der Waals surface area (Å²) in [4.78, 5) is 29.2. The Hall–Kier alpha value is -3.15.